The van der Waals surface area contributed by atoms with Gasteiger partial charge in [-0.15, -0.1) is 0 Å². The van der Waals surface area contributed by atoms with Gasteiger partial charge in [-0.25, -0.2) is 0 Å². The van der Waals surface area contributed by atoms with Gasteiger partial charge < -0.3 is 10.2 Å². The van der Waals surface area contributed by atoms with Crippen LogP contribution >= 0.6 is 0 Å². The van der Waals surface area contributed by atoms with Crippen molar-refractivity contribution in [2.24, 2.45) is 5.92 Å². The number of carboxylic acid groups (broad SMARTS) is 1. The van der Waals surface area contributed by atoms with Crippen molar-refractivity contribution in [2.45, 2.75) is 57.5 Å². The molecule has 0 spiro atoms. The molecule has 0 radical (unpaired) electrons. The number of hydrogen-bond donors (Lipinski definition) is 2. The van der Waals surface area contributed by atoms with Gasteiger partial charge in [-0.05, 0) is 43.2 Å². The van der Waals surface area contributed by atoms with Gasteiger partial charge in [-0.2, -0.15) is 0 Å². The highest BCUT2D eigenvalue weighted by Gasteiger charge is 2.43. The molecule has 0 fully saturated rings. The van der Waals surface area contributed by atoms with E-state index in [4.69, 9.17) is 0 Å². The van der Waals surface area contributed by atoms with Crippen molar-refractivity contribution in [1.29, 1.82) is 0 Å². The van der Waals surface area contributed by atoms with Crippen LogP contribution in [0.25, 0.3) is 0 Å². The van der Waals surface area contributed by atoms with Crippen LogP contribution in [0.15, 0.2) is 24.3 Å². The predicted octanol–water partition coefficient (Wildman–Crippen LogP) is 3.49. The first kappa shape index (κ1) is 15.0. The summed E-state index contributed by atoms with van der Waals surface area (Å²) >= 11 is 0. The molecule has 2 atom stereocenters. The maximum Gasteiger partial charge on any atom is 0.309 e. The molecular weight excluding hydrogens is 252 g/mol. The summed E-state index contributed by atoms with van der Waals surface area (Å²) in [4.78, 5) is 11.7. The van der Waals surface area contributed by atoms with E-state index in [1.54, 1.807) is 0 Å². The number of rotatable bonds is 5. The molecule has 110 valence electrons. The monoisotopic (exact) mass is 276 g/mol. The Balaban J connectivity index is 2.42. The van der Waals surface area contributed by atoms with Gasteiger partial charge in [0.15, 0.2) is 0 Å². The maximum absolute atomic E-state index is 11.7. The summed E-state index contributed by atoms with van der Waals surface area (Å²) in [5.41, 5.74) is 0.727. The number of carboxylic acids is 1. The molecule has 1 aliphatic rings. The molecule has 1 aliphatic carbocycles. The van der Waals surface area contributed by atoms with Crippen molar-refractivity contribution < 1.29 is 15.0 Å². The highest BCUT2D eigenvalue weighted by atomic mass is 16.4. The molecule has 3 heteroatoms. The summed E-state index contributed by atoms with van der Waals surface area (Å²) in [6.45, 7) is 2.05. The second-order valence-electron chi connectivity index (χ2n) is 5.82. The topological polar surface area (TPSA) is 57.5 Å². The van der Waals surface area contributed by atoms with Gasteiger partial charge in [0.25, 0.3) is 0 Å². The highest BCUT2D eigenvalue weighted by molar-refractivity contribution is 5.72. The summed E-state index contributed by atoms with van der Waals surface area (Å²) in [5.74, 6) is -1.58. The zero-order valence-corrected chi connectivity index (χ0v) is 12.1. The molecule has 0 bridgehead atoms. The second-order valence-corrected chi connectivity index (χ2v) is 5.82. The van der Waals surface area contributed by atoms with Gasteiger partial charge in [0.1, 0.15) is 5.60 Å². The van der Waals surface area contributed by atoms with Crippen LogP contribution in [-0.2, 0) is 16.8 Å². The van der Waals surface area contributed by atoms with Crippen molar-refractivity contribution in [3.8, 4) is 0 Å². The van der Waals surface area contributed by atoms with Crippen molar-refractivity contribution in [3.63, 3.8) is 0 Å². The maximum atomic E-state index is 11.7. The van der Waals surface area contributed by atoms with Crippen LogP contribution in [0.1, 0.15) is 56.6 Å². The first-order chi connectivity index (χ1) is 9.59. The SMILES string of the molecule is CCCCC(C(=O)O)C1(O)CCCCc2ccccc21. The summed E-state index contributed by atoms with van der Waals surface area (Å²) in [7, 11) is 0. The molecule has 1 aromatic carbocycles. The van der Waals surface area contributed by atoms with E-state index in [0.717, 1.165) is 43.2 Å². The van der Waals surface area contributed by atoms with Crippen molar-refractivity contribution in [3.05, 3.63) is 35.4 Å². The average molecular weight is 276 g/mol. The number of unbranched alkanes of at least 4 members (excludes halogenated alkanes) is 1. The van der Waals surface area contributed by atoms with Crippen LogP contribution in [-0.4, -0.2) is 16.2 Å². The van der Waals surface area contributed by atoms with Crippen LogP contribution in [0.4, 0.5) is 0 Å². The van der Waals surface area contributed by atoms with E-state index in [0.29, 0.717) is 12.8 Å². The largest absolute Gasteiger partial charge is 0.481 e. The number of aryl methyl sites for hydroxylation is 1. The fourth-order valence-electron chi connectivity index (χ4n) is 3.34. The molecule has 2 rings (SSSR count). The number of hydrogen-bond acceptors (Lipinski definition) is 2. The third-order valence-corrected chi connectivity index (χ3v) is 4.46. The van der Waals surface area contributed by atoms with E-state index in [2.05, 4.69) is 0 Å². The Morgan fingerprint density at radius 1 is 1.35 bits per heavy atom. The van der Waals surface area contributed by atoms with Gasteiger partial charge in [-0.3, -0.25) is 4.79 Å². The van der Waals surface area contributed by atoms with Crippen LogP contribution in [0, 0.1) is 5.92 Å². The third-order valence-electron chi connectivity index (χ3n) is 4.46. The van der Waals surface area contributed by atoms with Gasteiger partial charge in [-0.1, -0.05) is 44.0 Å². The Hall–Kier alpha value is -1.35. The van der Waals surface area contributed by atoms with Crippen molar-refractivity contribution in [1.82, 2.24) is 0 Å². The van der Waals surface area contributed by atoms with Gasteiger partial charge in [0, 0.05) is 0 Å². The molecule has 0 heterocycles. The Morgan fingerprint density at radius 2 is 2.10 bits per heavy atom. The quantitative estimate of drug-likeness (QED) is 0.809. The lowest BCUT2D eigenvalue weighted by molar-refractivity contribution is -0.154. The number of aliphatic carboxylic acids is 1. The zero-order valence-electron chi connectivity index (χ0n) is 12.1. The standard InChI is InChI=1S/C17H24O3/c1-2-3-10-15(16(18)19)17(20)12-7-6-9-13-8-4-5-11-14(13)17/h4-5,8,11,15,20H,2-3,6-7,9-10,12H2,1H3,(H,18,19). The average Bonchev–Trinajstić information content (AvgIpc) is 2.60. The predicted molar refractivity (Wildman–Crippen MR) is 78.5 cm³/mol. The van der Waals surface area contributed by atoms with Gasteiger partial charge in [0.05, 0.1) is 5.92 Å². The van der Waals surface area contributed by atoms with Crippen LogP contribution in [0.2, 0.25) is 0 Å². The number of fused-ring (bicyclic) bond motifs is 1. The van der Waals surface area contributed by atoms with Crippen LogP contribution < -0.4 is 0 Å². The third kappa shape index (κ3) is 2.88. The Bertz CT molecular complexity index is 469. The van der Waals surface area contributed by atoms with Crippen molar-refractivity contribution in [2.75, 3.05) is 0 Å². The lowest BCUT2D eigenvalue weighted by Crippen LogP contribution is -2.40. The lowest BCUT2D eigenvalue weighted by atomic mass is 9.75. The molecule has 0 saturated heterocycles. The van der Waals surface area contributed by atoms with E-state index < -0.39 is 17.5 Å². The Morgan fingerprint density at radius 3 is 2.80 bits per heavy atom. The Labute approximate surface area is 120 Å². The molecule has 0 aliphatic heterocycles. The van der Waals surface area contributed by atoms with E-state index in [1.165, 1.54) is 0 Å². The van der Waals surface area contributed by atoms with E-state index in [1.807, 2.05) is 31.2 Å². The summed E-state index contributed by atoms with van der Waals surface area (Å²) in [6, 6.07) is 7.78. The van der Waals surface area contributed by atoms with Gasteiger partial charge in [0.2, 0.25) is 0 Å². The van der Waals surface area contributed by atoms with Gasteiger partial charge >= 0.3 is 5.97 Å². The number of aliphatic hydroxyl groups is 1. The molecule has 2 N–H and O–H groups in total. The molecular formula is C17H24O3. The molecule has 0 saturated carbocycles. The highest BCUT2D eigenvalue weighted by Crippen LogP contribution is 2.41. The Kier molecular flexibility index (Phi) is 4.81. The summed E-state index contributed by atoms with van der Waals surface area (Å²) in [6.07, 6.45) is 5.68. The van der Waals surface area contributed by atoms with E-state index in [9.17, 15) is 15.0 Å². The number of carbonyl (C=O) groups is 1. The molecule has 0 aromatic heterocycles. The van der Waals surface area contributed by atoms with Crippen molar-refractivity contribution >= 4 is 5.97 Å². The minimum Gasteiger partial charge on any atom is -0.481 e. The summed E-state index contributed by atoms with van der Waals surface area (Å²) in [5, 5.41) is 20.8. The molecule has 2 unspecified atom stereocenters. The van der Waals surface area contributed by atoms with E-state index >= 15 is 0 Å². The molecule has 0 amide bonds. The summed E-state index contributed by atoms with van der Waals surface area (Å²) < 4.78 is 0. The second kappa shape index (κ2) is 6.40. The molecule has 1 aromatic rings. The minimum absolute atomic E-state index is 0.538. The van der Waals surface area contributed by atoms with Crippen LogP contribution in [0.3, 0.4) is 0 Å². The van der Waals surface area contributed by atoms with E-state index in [-0.39, 0.29) is 0 Å². The first-order valence-corrected chi connectivity index (χ1v) is 7.63. The number of benzene rings is 1. The zero-order chi connectivity index (χ0) is 14.6. The van der Waals surface area contributed by atoms with Crippen LogP contribution in [0.5, 0.6) is 0 Å². The fraction of sp³-hybridized carbons (Fsp3) is 0.588. The fourth-order valence-corrected chi connectivity index (χ4v) is 3.34. The molecule has 20 heavy (non-hydrogen) atoms. The lowest BCUT2D eigenvalue weighted by Gasteiger charge is -2.34. The first-order valence-electron chi connectivity index (χ1n) is 7.63. The molecule has 3 nitrogen and oxygen atoms in total. The normalized spacial score (nSPS) is 23.7. The smallest absolute Gasteiger partial charge is 0.309 e. The minimum atomic E-state index is -1.21.